The normalized spacial score (nSPS) is 16.0. The smallest absolute Gasteiger partial charge is 0.264 e. The number of likely N-dealkylation sites (N-methyl/N-ethyl adjacent to an activating group) is 1. The van der Waals surface area contributed by atoms with Gasteiger partial charge in [0.2, 0.25) is 0 Å². The summed E-state index contributed by atoms with van der Waals surface area (Å²) in [5.41, 5.74) is 6.78. The number of fused-ring (bicyclic) bond motifs is 1. The Morgan fingerprint density at radius 2 is 2.00 bits per heavy atom. The largest absolute Gasteiger partial charge is 0.457 e. The molecule has 2 aromatic heterocycles. The highest BCUT2D eigenvalue weighted by Crippen LogP contribution is 2.36. The molecule has 1 aliphatic heterocycles. The first-order valence-electron chi connectivity index (χ1n) is 13.3. The molecule has 0 saturated carbocycles. The number of piperidine rings is 1. The highest BCUT2D eigenvalue weighted by molar-refractivity contribution is 5.99. The lowest BCUT2D eigenvalue weighted by Gasteiger charge is -2.33. The molecule has 3 N–H and O–H groups in total. The topological polar surface area (TPSA) is 135 Å². The molecule has 1 amide bonds. The molecule has 1 aliphatic rings. The fourth-order valence-electron chi connectivity index (χ4n) is 4.90. The third-order valence-electron chi connectivity index (χ3n) is 7.22. The molecule has 10 nitrogen and oxygen atoms in total. The predicted octanol–water partition coefficient (Wildman–Crippen LogP) is 4.62. The monoisotopic (exact) mass is 554 g/mol. The van der Waals surface area contributed by atoms with Gasteiger partial charge in [0.25, 0.3) is 5.91 Å². The van der Waals surface area contributed by atoms with Gasteiger partial charge in [0.15, 0.2) is 5.65 Å². The summed E-state index contributed by atoms with van der Waals surface area (Å²) < 4.78 is 23.0. The number of hydrogen-bond acceptors (Lipinski definition) is 8. The van der Waals surface area contributed by atoms with Crippen molar-refractivity contribution >= 4 is 22.8 Å². The van der Waals surface area contributed by atoms with E-state index in [2.05, 4.69) is 21.4 Å². The van der Waals surface area contributed by atoms with Crippen LogP contribution >= 0.6 is 0 Å². The molecule has 5 rings (SSSR count). The zero-order valence-electron chi connectivity index (χ0n) is 23.1. The van der Waals surface area contributed by atoms with Crippen molar-refractivity contribution in [1.29, 1.82) is 5.26 Å². The Morgan fingerprint density at radius 3 is 2.71 bits per heavy atom. The molecule has 0 aliphatic carbocycles. The Labute approximate surface area is 237 Å². The van der Waals surface area contributed by atoms with Crippen LogP contribution in [0, 0.1) is 17.1 Å². The number of nitrogens with one attached hydrogen (secondary N) is 1. The maximum atomic E-state index is 15.5. The number of halogens is 1. The third-order valence-corrected chi connectivity index (χ3v) is 7.22. The van der Waals surface area contributed by atoms with Crippen LogP contribution in [0.1, 0.15) is 32.7 Å². The lowest BCUT2D eigenvalue weighted by atomic mass is 10.00. The summed E-state index contributed by atoms with van der Waals surface area (Å²) in [6.45, 7) is 4.59. The molecule has 1 saturated heterocycles. The second-order valence-corrected chi connectivity index (χ2v) is 10.5. The van der Waals surface area contributed by atoms with E-state index in [1.54, 1.807) is 47.0 Å². The molecular weight excluding hydrogens is 523 g/mol. The number of amides is 1. The van der Waals surface area contributed by atoms with Crippen molar-refractivity contribution < 1.29 is 13.9 Å². The van der Waals surface area contributed by atoms with Gasteiger partial charge in [-0.25, -0.2) is 19.0 Å². The van der Waals surface area contributed by atoms with Gasteiger partial charge in [-0.05, 0) is 64.1 Å². The van der Waals surface area contributed by atoms with E-state index in [-0.39, 0.29) is 28.9 Å². The van der Waals surface area contributed by atoms with Crippen molar-refractivity contribution in [1.82, 2.24) is 30.0 Å². The average Bonchev–Trinajstić information content (AvgIpc) is 3.37. The second-order valence-electron chi connectivity index (χ2n) is 10.5. The van der Waals surface area contributed by atoms with Crippen LogP contribution in [0.5, 0.6) is 11.5 Å². The minimum atomic E-state index is -0.537. The van der Waals surface area contributed by atoms with Gasteiger partial charge in [-0.15, -0.1) is 0 Å². The molecule has 0 unspecified atom stereocenters. The summed E-state index contributed by atoms with van der Waals surface area (Å²) in [5, 5.41) is 18.0. The molecule has 1 atom stereocenters. The predicted molar refractivity (Wildman–Crippen MR) is 153 cm³/mol. The zero-order valence-corrected chi connectivity index (χ0v) is 23.1. The Hall–Kier alpha value is -4.82. The van der Waals surface area contributed by atoms with Crippen molar-refractivity contribution in [3.05, 3.63) is 72.3 Å². The Bertz CT molecular complexity index is 1660. The molecule has 2 aromatic carbocycles. The van der Waals surface area contributed by atoms with Crippen molar-refractivity contribution in [2.45, 2.75) is 38.3 Å². The number of rotatable bonds is 7. The summed E-state index contributed by atoms with van der Waals surface area (Å²) in [6, 6.07) is 15.5. The van der Waals surface area contributed by atoms with E-state index >= 15 is 4.39 Å². The van der Waals surface area contributed by atoms with Crippen molar-refractivity contribution in [2.24, 2.45) is 0 Å². The number of nitriles is 1. The van der Waals surface area contributed by atoms with Gasteiger partial charge in [-0.3, -0.25) is 4.79 Å². The van der Waals surface area contributed by atoms with Crippen LogP contribution in [0.3, 0.4) is 0 Å². The minimum absolute atomic E-state index is 0.0717. The Balaban J connectivity index is 1.48. The lowest BCUT2D eigenvalue weighted by molar-refractivity contribution is -0.128. The van der Waals surface area contributed by atoms with Gasteiger partial charge in [-0.1, -0.05) is 18.2 Å². The van der Waals surface area contributed by atoms with Gasteiger partial charge in [-0.2, -0.15) is 10.4 Å². The molecule has 3 heterocycles. The molecule has 0 bridgehead atoms. The second kappa shape index (κ2) is 11.3. The number of likely N-dealkylation sites (tertiary alicyclic amines) is 1. The maximum absolute atomic E-state index is 15.5. The highest BCUT2D eigenvalue weighted by atomic mass is 19.1. The van der Waals surface area contributed by atoms with Gasteiger partial charge >= 0.3 is 0 Å². The molecule has 11 heteroatoms. The van der Waals surface area contributed by atoms with E-state index in [0.29, 0.717) is 54.2 Å². The van der Waals surface area contributed by atoms with Gasteiger partial charge in [0, 0.05) is 30.3 Å². The fraction of sp³-hybridized carbons (Fsp3) is 0.300. The Kier molecular flexibility index (Phi) is 7.68. The van der Waals surface area contributed by atoms with Crippen LogP contribution in [0.2, 0.25) is 0 Å². The molecule has 41 heavy (non-hydrogen) atoms. The number of anilines is 1. The number of nitrogen functional groups attached to an aromatic ring is 1. The first-order chi connectivity index (χ1) is 19.7. The van der Waals surface area contributed by atoms with Gasteiger partial charge in [0.05, 0.1) is 11.4 Å². The molecule has 1 fully saturated rings. The molecule has 210 valence electrons. The number of carbonyl (C=O) groups excluding carboxylic acids is 1. The first-order valence-corrected chi connectivity index (χ1v) is 13.3. The van der Waals surface area contributed by atoms with E-state index in [9.17, 15) is 10.1 Å². The van der Waals surface area contributed by atoms with E-state index in [1.165, 1.54) is 12.4 Å². The van der Waals surface area contributed by atoms with E-state index in [0.717, 1.165) is 0 Å². The van der Waals surface area contributed by atoms with Crippen LogP contribution in [-0.4, -0.2) is 56.2 Å². The number of carbonyl (C=O) groups is 1. The van der Waals surface area contributed by atoms with E-state index in [4.69, 9.17) is 15.6 Å². The number of benzene rings is 2. The minimum Gasteiger partial charge on any atom is -0.457 e. The lowest BCUT2D eigenvalue weighted by Crippen LogP contribution is -2.42. The highest BCUT2D eigenvalue weighted by Gasteiger charge is 2.31. The van der Waals surface area contributed by atoms with Gasteiger partial charge in [0.1, 0.15) is 46.8 Å². The Morgan fingerprint density at radius 1 is 1.22 bits per heavy atom. The average molecular weight is 555 g/mol. The standard InChI is InChI=1S/C30H31FN8O2/c1-30(2,34-3)15-19(16-32)29(40)38-13-7-8-20(17-38)39-28-25(27(33)35-18-36-28)26(37-39)23-12-11-22(14-24(23)31)41-21-9-5-4-6-10-21/h4-6,9-12,14-15,18,20,34H,7-8,13,17H2,1-3H3,(H2,33,35,36)/b19-15-/t20-/m1/s1. The molecule has 0 spiro atoms. The number of hydrogen-bond donors (Lipinski definition) is 2. The van der Waals surface area contributed by atoms with Crippen molar-refractivity contribution in [2.75, 3.05) is 25.9 Å². The summed E-state index contributed by atoms with van der Waals surface area (Å²) in [6.07, 6.45) is 4.39. The van der Waals surface area contributed by atoms with Crippen molar-refractivity contribution in [3.8, 4) is 28.8 Å². The SMILES string of the molecule is CNC(C)(C)/C=C(/C#N)C(=O)N1CCC[C@@H](n2nc(-c3ccc(Oc4ccccc4)cc3F)c3c(N)ncnc32)C1. The van der Waals surface area contributed by atoms with Crippen LogP contribution < -0.4 is 15.8 Å². The summed E-state index contributed by atoms with van der Waals surface area (Å²) in [4.78, 5) is 23.5. The molecule has 4 aromatic rings. The molecule has 0 radical (unpaired) electrons. The summed E-state index contributed by atoms with van der Waals surface area (Å²) >= 11 is 0. The number of ether oxygens (including phenoxy) is 1. The van der Waals surface area contributed by atoms with Crippen molar-refractivity contribution in [3.63, 3.8) is 0 Å². The molecular formula is C30H31FN8O2. The first kappa shape index (κ1) is 27.7. The fourth-order valence-corrected chi connectivity index (χ4v) is 4.90. The summed E-state index contributed by atoms with van der Waals surface area (Å²) in [5.74, 6) is 0.228. The quantitative estimate of drug-likeness (QED) is 0.250. The number of aromatic nitrogens is 4. The maximum Gasteiger partial charge on any atom is 0.264 e. The number of nitrogens with zero attached hydrogens (tertiary/aromatic N) is 6. The number of nitrogens with two attached hydrogens (primary N) is 1. The van der Waals surface area contributed by atoms with E-state index < -0.39 is 11.4 Å². The summed E-state index contributed by atoms with van der Waals surface area (Å²) in [7, 11) is 1.77. The van der Waals surface area contributed by atoms with Crippen LogP contribution in [0.4, 0.5) is 10.2 Å². The van der Waals surface area contributed by atoms with Crippen LogP contribution in [0.25, 0.3) is 22.3 Å². The van der Waals surface area contributed by atoms with Crippen LogP contribution in [-0.2, 0) is 4.79 Å². The van der Waals surface area contributed by atoms with Gasteiger partial charge < -0.3 is 20.7 Å². The number of para-hydroxylation sites is 1. The third kappa shape index (κ3) is 5.73. The van der Waals surface area contributed by atoms with E-state index in [1.807, 2.05) is 32.0 Å². The van der Waals surface area contributed by atoms with Crippen LogP contribution in [0.15, 0.2) is 66.5 Å². The zero-order chi connectivity index (χ0) is 29.1.